The first-order chi connectivity index (χ1) is 15.1. The quantitative estimate of drug-likeness (QED) is 0.482. The van der Waals surface area contributed by atoms with Gasteiger partial charge in [0.1, 0.15) is 5.75 Å². The molecule has 0 saturated carbocycles. The summed E-state index contributed by atoms with van der Waals surface area (Å²) >= 11 is 5.95. The summed E-state index contributed by atoms with van der Waals surface area (Å²) in [5, 5.41) is 13.2. The second-order valence-corrected chi connectivity index (χ2v) is 8.13. The van der Waals surface area contributed by atoms with Gasteiger partial charge in [0.15, 0.2) is 5.82 Å². The maximum Gasteiger partial charge on any atom is 0.287 e. The zero-order valence-electron chi connectivity index (χ0n) is 17.3. The number of aromatic nitrogens is 3. The number of phenolic OH excluding ortho intramolecular Hbond substituents is 1. The molecule has 1 aliphatic rings. The van der Waals surface area contributed by atoms with Crippen molar-refractivity contribution in [2.24, 2.45) is 0 Å². The first-order valence-corrected chi connectivity index (χ1v) is 11.0. The van der Waals surface area contributed by atoms with Gasteiger partial charge >= 0.3 is 0 Å². The van der Waals surface area contributed by atoms with Crippen LogP contribution in [0.2, 0.25) is 5.02 Å². The number of aromatic amines is 1. The molecule has 1 aliphatic heterocycles. The number of carbonyl (C=O) groups excluding carboxylic acids is 1. The van der Waals surface area contributed by atoms with Gasteiger partial charge < -0.3 is 20.3 Å². The van der Waals surface area contributed by atoms with Crippen molar-refractivity contribution in [2.45, 2.75) is 25.7 Å². The summed E-state index contributed by atoms with van der Waals surface area (Å²) in [6.07, 6.45) is 8.11. The summed E-state index contributed by atoms with van der Waals surface area (Å²) in [6, 6.07) is 8.60. The number of aromatic hydroxyl groups is 1. The van der Waals surface area contributed by atoms with E-state index in [9.17, 15) is 9.90 Å². The van der Waals surface area contributed by atoms with Crippen molar-refractivity contribution in [2.75, 3.05) is 26.2 Å². The lowest BCUT2D eigenvalue weighted by Crippen LogP contribution is -2.33. The predicted octanol–water partition coefficient (Wildman–Crippen LogP) is 4.10. The topological polar surface area (TPSA) is 94.1 Å². The lowest BCUT2D eigenvalue weighted by molar-refractivity contribution is 0.0942. The van der Waals surface area contributed by atoms with Crippen LogP contribution in [-0.4, -0.2) is 57.0 Å². The van der Waals surface area contributed by atoms with Crippen molar-refractivity contribution in [1.29, 1.82) is 0 Å². The highest BCUT2D eigenvalue weighted by Gasteiger charge is 2.19. The summed E-state index contributed by atoms with van der Waals surface area (Å²) in [5.74, 6) is -0.0563. The maximum atomic E-state index is 12.7. The first-order valence-electron chi connectivity index (χ1n) is 10.6. The number of nitrogens with zero attached hydrogens (tertiary/aromatic N) is 3. The molecule has 1 amide bonds. The smallest absolute Gasteiger partial charge is 0.287 e. The minimum atomic E-state index is -0.251. The summed E-state index contributed by atoms with van der Waals surface area (Å²) in [4.78, 5) is 26.9. The highest BCUT2D eigenvalue weighted by Crippen LogP contribution is 2.34. The maximum absolute atomic E-state index is 12.7. The number of phenols is 1. The molecule has 1 aromatic carbocycles. The molecular weight excluding hydrogens is 414 g/mol. The third-order valence-corrected chi connectivity index (χ3v) is 5.81. The molecule has 0 radical (unpaired) electrons. The highest BCUT2D eigenvalue weighted by molar-refractivity contribution is 6.32. The minimum absolute atomic E-state index is 0.0356. The van der Waals surface area contributed by atoms with Crippen molar-refractivity contribution in [3.05, 3.63) is 53.6 Å². The molecule has 7 nitrogen and oxygen atoms in total. The van der Waals surface area contributed by atoms with E-state index in [1.54, 1.807) is 30.6 Å². The Balaban J connectivity index is 1.50. The van der Waals surface area contributed by atoms with Crippen LogP contribution >= 0.6 is 11.6 Å². The van der Waals surface area contributed by atoms with Crippen LogP contribution in [0.3, 0.4) is 0 Å². The number of pyridine rings is 1. The van der Waals surface area contributed by atoms with Crippen molar-refractivity contribution in [1.82, 2.24) is 25.2 Å². The number of piperidine rings is 1. The number of H-pyrrole nitrogens is 1. The van der Waals surface area contributed by atoms with E-state index in [-0.39, 0.29) is 22.5 Å². The summed E-state index contributed by atoms with van der Waals surface area (Å²) in [7, 11) is 0. The van der Waals surface area contributed by atoms with E-state index in [1.165, 1.54) is 19.3 Å². The molecule has 1 saturated heterocycles. The fourth-order valence-electron chi connectivity index (χ4n) is 3.85. The van der Waals surface area contributed by atoms with E-state index in [1.807, 2.05) is 12.1 Å². The van der Waals surface area contributed by atoms with Crippen molar-refractivity contribution in [3.63, 3.8) is 0 Å². The SMILES string of the molecule is O=C(NCCCN1CCCCC1)c1nc(-c2ccc(Cl)c(O)c2)c(-c2ccncc2)[nH]1. The van der Waals surface area contributed by atoms with Crippen molar-refractivity contribution < 1.29 is 9.90 Å². The normalized spacial score (nSPS) is 14.5. The van der Waals surface area contributed by atoms with E-state index >= 15 is 0 Å². The summed E-state index contributed by atoms with van der Waals surface area (Å²) in [6.45, 7) is 3.89. The van der Waals surface area contributed by atoms with Crippen molar-refractivity contribution in [3.8, 4) is 28.3 Å². The van der Waals surface area contributed by atoms with Gasteiger partial charge in [0.2, 0.25) is 0 Å². The zero-order valence-corrected chi connectivity index (χ0v) is 18.0. The number of hydrogen-bond donors (Lipinski definition) is 3. The third-order valence-electron chi connectivity index (χ3n) is 5.49. The fourth-order valence-corrected chi connectivity index (χ4v) is 3.97. The van der Waals surface area contributed by atoms with Gasteiger partial charge in [-0.05, 0) is 63.2 Å². The van der Waals surface area contributed by atoms with E-state index in [4.69, 9.17) is 11.6 Å². The first kappa shape index (κ1) is 21.3. The number of halogens is 1. The molecule has 31 heavy (non-hydrogen) atoms. The van der Waals surface area contributed by atoms with Crippen LogP contribution in [0.25, 0.3) is 22.5 Å². The molecule has 3 heterocycles. The van der Waals surface area contributed by atoms with Crippen LogP contribution in [0, 0.1) is 0 Å². The Hall–Kier alpha value is -2.90. The minimum Gasteiger partial charge on any atom is -0.506 e. The Morgan fingerprint density at radius 1 is 1.13 bits per heavy atom. The van der Waals surface area contributed by atoms with Gasteiger partial charge in [-0.1, -0.05) is 24.1 Å². The number of amides is 1. The van der Waals surface area contributed by atoms with E-state index < -0.39 is 0 Å². The van der Waals surface area contributed by atoms with Crippen molar-refractivity contribution >= 4 is 17.5 Å². The Labute approximate surface area is 186 Å². The number of benzene rings is 1. The molecule has 3 aromatic rings. The second-order valence-electron chi connectivity index (χ2n) is 7.72. The average Bonchev–Trinajstić information content (AvgIpc) is 3.25. The van der Waals surface area contributed by atoms with Crippen LogP contribution in [0.15, 0.2) is 42.7 Å². The Morgan fingerprint density at radius 3 is 2.65 bits per heavy atom. The second kappa shape index (κ2) is 9.94. The number of imidazole rings is 1. The number of carbonyl (C=O) groups is 1. The lowest BCUT2D eigenvalue weighted by atomic mass is 10.1. The Bertz CT molecular complexity index is 1030. The molecule has 0 aliphatic carbocycles. The molecular formula is C23H26ClN5O2. The van der Waals surface area contributed by atoms with Crippen LogP contribution in [0.5, 0.6) is 5.75 Å². The Morgan fingerprint density at radius 2 is 1.90 bits per heavy atom. The largest absolute Gasteiger partial charge is 0.506 e. The predicted molar refractivity (Wildman–Crippen MR) is 121 cm³/mol. The molecule has 0 spiro atoms. The van der Waals surface area contributed by atoms with Gasteiger partial charge in [-0.15, -0.1) is 0 Å². The molecule has 3 N–H and O–H groups in total. The van der Waals surface area contributed by atoms with Crippen LogP contribution in [0.1, 0.15) is 36.3 Å². The summed E-state index contributed by atoms with van der Waals surface area (Å²) < 4.78 is 0. The number of likely N-dealkylation sites (tertiary alicyclic amines) is 1. The molecule has 0 unspecified atom stereocenters. The van der Waals surface area contributed by atoms with Gasteiger partial charge in [0, 0.05) is 30.1 Å². The molecule has 162 valence electrons. The van der Waals surface area contributed by atoms with Crippen LogP contribution in [-0.2, 0) is 0 Å². The number of rotatable bonds is 7. The lowest BCUT2D eigenvalue weighted by Gasteiger charge is -2.26. The zero-order chi connectivity index (χ0) is 21.6. The highest BCUT2D eigenvalue weighted by atomic mass is 35.5. The summed E-state index contributed by atoms with van der Waals surface area (Å²) in [5.41, 5.74) is 2.75. The molecule has 4 rings (SSSR count). The standard InChI is InChI=1S/C23H26ClN5O2/c24-18-6-5-17(15-19(18)30)21-20(16-7-10-25-11-8-16)27-22(28-21)23(31)26-9-4-14-29-12-2-1-3-13-29/h5-8,10-11,15,30H,1-4,9,12-14H2,(H,26,31)(H,27,28). The molecule has 2 aromatic heterocycles. The van der Waals surface area contributed by atoms with Crippen LogP contribution in [0.4, 0.5) is 0 Å². The van der Waals surface area contributed by atoms with Crippen LogP contribution < -0.4 is 5.32 Å². The number of nitrogens with one attached hydrogen (secondary N) is 2. The van der Waals surface area contributed by atoms with E-state index in [0.29, 0.717) is 23.5 Å². The fraction of sp³-hybridized carbons (Fsp3) is 0.348. The van der Waals surface area contributed by atoms with E-state index in [0.717, 1.165) is 31.6 Å². The Kier molecular flexibility index (Phi) is 6.84. The van der Waals surface area contributed by atoms with E-state index in [2.05, 4.69) is 25.2 Å². The van der Waals surface area contributed by atoms with Gasteiger partial charge in [0.05, 0.1) is 16.4 Å². The third kappa shape index (κ3) is 5.24. The van der Waals surface area contributed by atoms with Gasteiger partial charge in [-0.2, -0.15) is 0 Å². The average molecular weight is 440 g/mol. The molecule has 0 bridgehead atoms. The van der Waals surface area contributed by atoms with Gasteiger partial charge in [0.25, 0.3) is 5.91 Å². The monoisotopic (exact) mass is 439 g/mol. The molecule has 0 atom stereocenters. The molecule has 8 heteroatoms. The van der Waals surface area contributed by atoms with Gasteiger partial charge in [-0.25, -0.2) is 4.98 Å². The number of hydrogen-bond acceptors (Lipinski definition) is 5. The molecule has 1 fully saturated rings. The van der Waals surface area contributed by atoms with Gasteiger partial charge in [-0.3, -0.25) is 9.78 Å².